The predicted octanol–water partition coefficient (Wildman–Crippen LogP) is 2.48. The molecule has 6 nitrogen and oxygen atoms in total. The Morgan fingerprint density at radius 1 is 1.29 bits per heavy atom. The second kappa shape index (κ2) is 6.62. The molecule has 0 fully saturated rings. The Hall–Kier alpha value is -2.02. The molecular weight excluding hydrogens is 288 g/mol. The lowest BCUT2D eigenvalue weighted by atomic mass is 10.2. The van der Waals surface area contributed by atoms with Crippen molar-refractivity contribution in [3.05, 3.63) is 35.7 Å². The van der Waals surface area contributed by atoms with E-state index in [-0.39, 0.29) is 12.0 Å². The topological polar surface area (TPSA) is 69.0 Å². The van der Waals surface area contributed by atoms with Crippen LogP contribution in [-0.4, -0.2) is 33.1 Å². The Labute approximate surface area is 127 Å². The van der Waals surface area contributed by atoms with Crippen LogP contribution in [0.2, 0.25) is 0 Å². The van der Waals surface area contributed by atoms with Crippen LogP contribution in [0, 0.1) is 6.92 Å². The average Bonchev–Trinajstić information content (AvgIpc) is 2.79. The first-order valence-corrected chi connectivity index (χ1v) is 7.78. The van der Waals surface area contributed by atoms with Crippen molar-refractivity contribution in [2.24, 2.45) is 0 Å². The zero-order chi connectivity index (χ0) is 15.4. The lowest BCUT2D eigenvalue weighted by Crippen LogP contribution is -2.24. The van der Waals surface area contributed by atoms with Gasteiger partial charge in [-0.05, 0) is 51.3 Å². The second-order valence-electron chi connectivity index (χ2n) is 4.70. The molecule has 112 valence electrons. The number of ether oxygens (including phenoxy) is 1. The van der Waals surface area contributed by atoms with Gasteiger partial charge in [-0.25, -0.2) is 4.68 Å². The van der Waals surface area contributed by atoms with Gasteiger partial charge in [-0.2, -0.15) is 0 Å². The lowest BCUT2D eigenvalue weighted by Gasteiger charge is -2.11. The monoisotopic (exact) mass is 306 g/mol. The SMILES string of the molecule is CSc1nnc(C)n1NC(=O)c1ccc(OC(C)C)cc1. The Balaban J connectivity index is 2.11. The number of hydrogen-bond donors (Lipinski definition) is 1. The van der Waals surface area contributed by atoms with Crippen LogP contribution >= 0.6 is 11.8 Å². The summed E-state index contributed by atoms with van der Waals surface area (Å²) in [5.41, 5.74) is 3.32. The fourth-order valence-electron chi connectivity index (χ4n) is 1.73. The number of thioether (sulfide) groups is 1. The van der Waals surface area contributed by atoms with Crippen molar-refractivity contribution in [1.29, 1.82) is 0 Å². The second-order valence-corrected chi connectivity index (χ2v) is 5.47. The highest BCUT2D eigenvalue weighted by Gasteiger charge is 2.12. The van der Waals surface area contributed by atoms with E-state index in [1.54, 1.807) is 35.9 Å². The third kappa shape index (κ3) is 3.75. The summed E-state index contributed by atoms with van der Waals surface area (Å²) in [5.74, 6) is 1.16. The van der Waals surface area contributed by atoms with Gasteiger partial charge in [0.1, 0.15) is 11.6 Å². The normalized spacial score (nSPS) is 10.7. The molecule has 0 saturated carbocycles. The minimum atomic E-state index is -0.218. The molecular formula is C14H18N4O2S. The van der Waals surface area contributed by atoms with Crippen LogP contribution in [0.15, 0.2) is 29.4 Å². The largest absolute Gasteiger partial charge is 0.491 e. The van der Waals surface area contributed by atoms with Crippen molar-refractivity contribution in [2.75, 3.05) is 11.7 Å². The molecule has 1 aromatic carbocycles. The summed E-state index contributed by atoms with van der Waals surface area (Å²) < 4.78 is 7.13. The van der Waals surface area contributed by atoms with Crippen LogP contribution < -0.4 is 10.2 Å². The molecule has 21 heavy (non-hydrogen) atoms. The maximum absolute atomic E-state index is 12.2. The molecule has 0 radical (unpaired) electrons. The summed E-state index contributed by atoms with van der Waals surface area (Å²) in [4.78, 5) is 12.2. The van der Waals surface area contributed by atoms with Gasteiger partial charge in [0.2, 0.25) is 5.16 Å². The number of benzene rings is 1. The van der Waals surface area contributed by atoms with Crippen LogP contribution in [0.4, 0.5) is 0 Å². The fourth-order valence-corrected chi connectivity index (χ4v) is 2.21. The minimum absolute atomic E-state index is 0.105. The number of nitrogens with one attached hydrogen (secondary N) is 1. The van der Waals surface area contributed by atoms with Crippen LogP contribution in [0.3, 0.4) is 0 Å². The molecule has 0 bridgehead atoms. The Morgan fingerprint density at radius 2 is 1.95 bits per heavy atom. The van der Waals surface area contributed by atoms with Crippen molar-refractivity contribution in [2.45, 2.75) is 32.0 Å². The van der Waals surface area contributed by atoms with E-state index < -0.39 is 0 Å². The third-order valence-electron chi connectivity index (χ3n) is 2.68. The third-order valence-corrected chi connectivity index (χ3v) is 3.31. The molecule has 0 aliphatic rings. The van der Waals surface area contributed by atoms with Gasteiger partial charge in [0.05, 0.1) is 6.10 Å². The molecule has 1 aromatic heterocycles. The number of aryl methyl sites for hydroxylation is 1. The summed E-state index contributed by atoms with van der Waals surface area (Å²) in [6, 6.07) is 7.02. The molecule has 0 spiro atoms. The highest BCUT2D eigenvalue weighted by atomic mass is 32.2. The van der Waals surface area contributed by atoms with Crippen molar-refractivity contribution in [3.8, 4) is 5.75 Å². The molecule has 1 N–H and O–H groups in total. The standard InChI is InChI=1S/C14H18N4O2S/c1-9(2)20-12-7-5-11(6-8-12)13(19)17-18-10(3)15-16-14(18)21-4/h5-9H,1-4H3,(H,17,19). The smallest absolute Gasteiger partial charge is 0.270 e. The Kier molecular flexibility index (Phi) is 4.85. The van der Waals surface area contributed by atoms with Crippen molar-refractivity contribution >= 4 is 17.7 Å². The Morgan fingerprint density at radius 3 is 2.52 bits per heavy atom. The van der Waals surface area contributed by atoms with Gasteiger partial charge < -0.3 is 4.74 Å². The summed E-state index contributed by atoms with van der Waals surface area (Å²) in [5, 5.41) is 8.55. The molecule has 0 aliphatic heterocycles. The first-order chi connectivity index (χ1) is 10.0. The van der Waals surface area contributed by atoms with Gasteiger partial charge in [-0.15, -0.1) is 10.2 Å². The lowest BCUT2D eigenvalue weighted by molar-refractivity contribution is 0.100. The highest BCUT2D eigenvalue weighted by Crippen LogP contribution is 2.15. The predicted molar refractivity (Wildman–Crippen MR) is 82.4 cm³/mol. The molecule has 0 unspecified atom stereocenters. The number of nitrogens with zero attached hydrogens (tertiary/aromatic N) is 3. The van der Waals surface area contributed by atoms with E-state index in [4.69, 9.17) is 4.74 Å². The van der Waals surface area contributed by atoms with E-state index in [0.717, 1.165) is 5.75 Å². The number of amides is 1. The van der Waals surface area contributed by atoms with Crippen LogP contribution in [-0.2, 0) is 0 Å². The van der Waals surface area contributed by atoms with Gasteiger partial charge in [0.25, 0.3) is 5.91 Å². The number of aromatic nitrogens is 3. The van der Waals surface area contributed by atoms with Gasteiger partial charge in [0.15, 0.2) is 0 Å². The van der Waals surface area contributed by atoms with Crippen molar-refractivity contribution in [1.82, 2.24) is 14.9 Å². The van der Waals surface area contributed by atoms with Crippen LogP contribution in [0.25, 0.3) is 0 Å². The molecule has 1 heterocycles. The molecule has 0 aliphatic carbocycles. The Bertz CT molecular complexity index is 622. The van der Waals surface area contributed by atoms with E-state index in [1.165, 1.54) is 11.8 Å². The number of carbonyl (C=O) groups is 1. The highest BCUT2D eigenvalue weighted by molar-refractivity contribution is 7.98. The van der Waals surface area contributed by atoms with Gasteiger partial charge in [0, 0.05) is 5.56 Å². The molecule has 1 amide bonds. The van der Waals surface area contributed by atoms with Crippen LogP contribution in [0.5, 0.6) is 5.75 Å². The average molecular weight is 306 g/mol. The first kappa shape index (κ1) is 15.4. The molecule has 2 aromatic rings. The van der Waals surface area contributed by atoms with E-state index in [9.17, 15) is 4.79 Å². The number of hydrogen-bond acceptors (Lipinski definition) is 5. The van der Waals surface area contributed by atoms with Crippen molar-refractivity contribution in [3.63, 3.8) is 0 Å². The number of carbonyl (C=O) groups excluding carboxylic acids is 1. The summed E-state index contributed by atoms with van der Waals surface area (Å²) >= 11 is 1.42. The minimum Gasteiger partial charge on any atom is -0.491 e. The summed E-state index contributed by atoms with van der Waals surface area (Å²) in [6.45, 7) is 5.70. The maximum Gasteiger partial charge on any atom is 0.270 e. The van der Waals surface area contributed by atoms with Crippen LogP contribution in [0.1, 0.15) is 30.0 Å². The fraction of sp³-hybridized carbons (Fsp3) is 0.357. The van der Waals surface area contributed by atoms with Gasteiger partial charge in [-0.1, -0.05) is 11.8 Å². The quantitative estimate of drug-likeness (QED) is 0.859. The van der Waals surface area contributed by atoms with E-state index in [0.29, 0.717) is 16.5 Å². The summed E-state index contributed by atoms with van der Waals surface area (Å²) in [6.07, 6.45) is 1.98. The molecule has 2 rings (SSSR count). The van der Waals surface area contributed by atoms with Crippen molar-refractivity contribution < 1.29 is 9.53 Å². The van der Waals surface area contributed by atoms with Gasteiger partial charge >= 0.3 is 0 Å². The van der Waals surface area contributed by atoms with E-state index in [2.05, 4.69) is 15.6 Å². The zero-order valence-corrected chi connectivity index (χ0v) is 13.3. The molecule has 0 saturated heterocycles. The summed E-state index contributed by atoms with van der Waals surface area (Å²) in [7, 11) is 0. The molecule has 7 heteroatoms. The van der Waals surface area contributed by atoms with E-state index in [1.807, 2.05) is 20.1 Å². The molecule has 0 atom stereocenters. The maximum atomic E-state index is 12.2. The van der Waals surface area contributed by atoms with Gasteiger partial charge in [-0.3, -0.25) is 10.2 Å². The number of rotatable bonds is 5. The first-order valence-electron chi connectivity index (χ1n) is 6.55. The zero-order valence-electron chi connectivity index (χ0n) is 12.5. The van der Waals surface area contributed by atoms with E-state index >= 15 is 0 Å².